The zero-order valence-electron chi connectivity index (χ0n) is 14.5. The molecule has 0 spiro atoms. The molecule has 2 rings (SSSR count). The molecule has 1 heterocycles. The van der Waals surface area contributed by atoms with E-state index < -0.39 is 17.8 Å². The highest BCUT2D eigenvalue weighted by atomic mass is 32.1. The predicted molar refractivity (Wildman–Crippen MR) is 97.5 cm³/mol. The fraction of sp³-hybridized carbons (Fsp3) is 0.222. The van der Waals surface area contributed by atoms with Gasteiger partial charge in [-0.05, 0) is 43.7 Å². The summed E-state index contributed by atoms with van der Waals surface area (Å²) in [6, 6.07) is 8.06. The molecule has 0 unspecified atom stereocenters. The highest BCUT2D eigenvalue weighted by molar-refractivity contribution is 7.18. The lowest BCUT2D eigenvalue weighted by Gasteiger charge is -2.06. The molecule has 1 aromatic carbocycles. The molecule has 26 heavy (non-hydrogen) atoms. The summed E-state index contributed by atoms with van der Waals surface area (Å²) in [5.74, 6) is -1.40. The largest absolute Gasteiger partial charge is 0.462 e. The van der Waals surface area contributed by atoms with E-state index in [9.17, 15) is 14.4 Å². The van der Waals surface area contributed by atoms with Crippen LogP contribution in [-0.4, -0.2) is 31.4 Å². The number of thiophene rings is 1. The Bertz CT molecular complexity index is 894. The molecule has 0 saturated heterocycles. The molecule has 2 aromatic rings. The normalized spacial score (nSPS) is 9.92. The molecule has 0 fully saturated rings. The number of nitrogens with one attached hydrogen (secondary N) is 2. The van der Waals surface area contributed by atoms with Crippen molar-refractivity contribution in [3.8, 4) is 6.07 Å². The van der Waals surface area contributed by atoms with E-state index in [0.717, 1.165) is 11.3 Å². The molecular formula is C18H17N3O4S. The number of nitriles is 1. The smallest absolute Gasteiger partial charge is 0.348 e. The van der Waals surface area contributed by atoms with E-state index in [-0.39, 0.29) is 22.0 Å². The Hall–Kier alpha value is -3.18. The number of hydrogen-bond acceptors (Lipinski definition) is 6. The van der Waals surface area contributed by atoms with Crippen molar-refractivity contribution in [3.63, 3.8) is 0 Å². The molecule has 0 aliphatic rings. The van der Waals surface area contributed by atoms with Gasteiger partial charge in [0.05, 0.1) is 23.8 Å². The zero-order chi connectivity index (χ0) is 19.3. The Morgan fingerprint density at radius 2 is 1.85 bits per heavy atom. The monoisotopic (exact) mass is 371 g/mol. The SMILES string of the molecule is CCOC(=O)c1sc(NC(=O)c2ccc(C#N)cc2)c(C(=O)NC)c1C. The van der Waals surface area contributed by atoms with Gasteiger partial charge < -0.3 is 15.4 Å². The lowest BCUT2D eigenvalue weighted by atomic mass is 10.1. The first-order valence-electron chi connectivity index (χ1n) is 7.77. The molecule has 8 heteroatoms. The highest BCUT2D eigenvalue weighted by Crippen LogP contribution is 2.34. The van der Waals surface area contributed by atoms with Crippen LogP contribution in [0.1, 0.15) is 48.4 Å². The van der Waals surface area contributed by atoms with E-state index >= 15 is 0 Å². The molecule has 0 aliphatic carbocycles. The van der Waals surface area contributed by atoms with Crippen molar-refractivity contribution >= 4 is 34.1 Å². The highest BCUT2D eigenvalue weighted by Gasteiger charge is 2.26. The number of carbonyl (C=O) groups excluding carboxylic acids is 3. The summed E-state index contributed by atoms with van der Waals surface area (Å²) in [6.45, 7) is 3.52. The van der Waals surface area contributed by atoms with Gasteiger partial charge in [-0.2, -0.15) is 5.26 Å². The molecule has 0 saturated carbocycles. The van der Waals surface area contributed by atoms with E-state index in [0.29, 0.717) is 16.7 Å². The number of hydrogen-bond donors (Lipinski definition) is 2. The minimum absolute atomic E-state index is 0.207. The average Bonchev–Trinajstić information content (AvgIpc) is 2.97. The van der Waals surface area contributed by atoms with Crippen LogP contribution >= 0.6 is 11.3 Å². The maximum atomic E-state index is 12.5. The van der Waals surface area contributed by atoms with Crippen molar-refractivity contribution < 1.29 is 19.1 Å². The quantitative estimate of drug-likeness (QED) is 0.786. The second-order valence-electron chi connectivity index (χ2n) is 5.20. The number of nitrogens with zero attached hydrogens (tertiary/aromatic N) is 1. The van der Waals surface area contributed by atoms with Crippen molar-refractivity contribution in [2.45, 2.75) is 13.8 Å². The summed E-state index contributed by atoms with van der Waals surface area (Å²) in [5, 5.41) is 14.3. The molecule has 1 aromatic heterocycles. The van der Waals surface area contributed by atoms with Gasteiger partial charge in [0.2, 0.25) is 0 Å². The number of carbonyl (C=O) groups is 3. The summed E-state index contributed by atoms with van der Waals surface area (Å²) < 4.78 is 5.00. The molecule has 7 nitrogen and oxygen atoms in total. The van der Waals surface area contributed by atoms with Gasteiger partial charge in [-0.25, -0.2) is 4.79 Å². The van der Waals surface area contributed by atoms with Crippen LogP contribution in [0.2, 0.25) is 0 Å². The molecule has 134 valence electrons. The minimum atomic E-state index is -0.543. The van der Waals surface area contributed by atoms with E-state index in [1.807, 2.05) is 6.07 Å². The van der Waals surface area contributed by atoms with Crippen molar-refractivity contribution in [2.75, 3.05) is 19.0 Å². The van der Waals surface area contributed by atoms with E-state index in [1.165, 1.54) is 31.3 Å². The zero-order valence-corrected chi connectivity index (χ0v) is 15.3. The van der Waals surface area contributed by atoms with Gasteiger partial charge in [0.25, 0.3) is 11.8 Å². The molecule has 2 N–H and O–H groups in total. The Kier molecular flexibility index (Phi) is 6.09. The van der Waals surface area contributed by atoms with Gasteiger partial charge >= 0.3 is 5.97 Å². The number of amides is 2. The van der Waals surface area contributed by atoms with Crippen molar-refractivity contribution in [3.05, 3.63) is 51.4 Å². The minimum Gasteiger partial charge on any atom is -0.462 e. The van der Waals surface area contributed by atoms with Crippen molar-refractivity contribution in [2.24, 2.45) is 0 Å². The molecule has 2 amide bonds. The Morgan fingerprint density at radius 3 is 2.38 bits per heavy atom. The molecule has 0 radical (unpaired) electrons. The third-order valence-electron chi connectivity index (χ3n) is 3.56. The topological polar surface area (TPSA) is 108 Å². The second kappa shape index (κ2) is 8.27. The first-order valence-corrected chi connectivity index (χ1v) is 8.58. The number of benzene rings is 1. The number of esters is 1. The van der Waals surface area contributed by atoms with Crippen LogP contribution in [0, 0.1) is 18.3 Å². The molecular weight excluding hydrogens is 354 g/mol. The number of ether oxygens (including phenoxy) is 1. The lowest BCUT2D eigenvalue weighted by Crippen LogP contribution is -2.21. The molecule has 0 atom stereocenters. The Balaban J connectivity index is 2.39. The summed E-state index contributed by atoms with van der Waals surface area (Å²) in [7, 11) is 1.47. The first kappa shape index (κ1) is 19.1. The number of rotatable bonds is 5. The van der Waals surface area contributed by atoms with Gasteiger partial charge in [-0.3, -0.25) is 9.59 Å². The van der Waals surface area contributed by atoms with Crippen LogP contribution < -0.4 is 10.6 Å². The summed E-state index contributed by atoms with van der Waals surface area (Å²) in [6.07, 6.45) is 0. The maximum Gasteiger partial charge on any atom is 0.348 e. The Labute approximate surface area is 154 Å². The third-order valence-corrected chi connectivity index (χ3v) is 4.75. The van der Waals surface area contributed by atoms with Gasteiger partial charge in [0, 0.05) is 12.6 Å². The van der Waals surface area contributed by atoms with Gasteiger partial charge in [0.1, 0.15) is 9.88 Å². The van der Waals surface area contributed by atoms with E-state index in [2.05, 4.69) is 10.6 Å². The standard InChI is InChI=1S/C18H17N3O4S/c1-4-25-18(24)14-10(2)13(16(23)20-3)17(26-14)21-15(22)12-7-5-11(9-19)6-8-12/h5-8H,4H2,1-3H3,(H,20,23)(H,21,22). The van der Waals surface area contributed by atoms with Crippen LogP contribution in [0.25, 0.3) is 0 Å². The molecule has 0 aliphatic heterocycles. The van der Waals surface area contributed by atoms with Gasteiger partial charge in [-0.15, -0.1) is 11.3 Å². The van der Waals surface area contributed by atoms with Crippen LogP contribution in [0.4, 0.5) is 5.00 Å². The second-order valence-corrected chi connectivity index (χ2v) is 6.22. The van der Waals surface area contributed by atoms with Crippen LogP contribution in [0.3, 0.4) is 0 Å². The van der Waals surface area contributed by atoms with Crippen LogP contribution in [0.15, 0.2) is 24.3 Å². The summed E-state index contributed by atoms with van der Waals surface area (Å²) in [5.41, 5.74) is 1.44. The molecule has 0 bridgehead atoms. The van der Waals surface area contributed by atoms with Crippen molar-refractivity contribution in [1.82, 2.24) is 5.32 Å². The van der Waals surface area contributed by atoms with Crippen LogP contribution in [-0.2, 0) is 4.74 Å². The number of anilines is 1. The fourth-order valence-electron chi connectivity index (χ4n) is 2.26. The first-order chi connectivity index (χ1) is 12.4. The fourth-order valence-corrected chi connectivity index (χ4v) is 3.36. The third kappa shape index (κ3) is 3.90. The summed E-state index contributed by atoms with van der Waals surface area (Å²) >= 11 is 0.989. The maximum absolute atomic E-state index is 12.5. The van der Waals surface area contributed by atoms with Crippen LogP contribution in [0.5, 0.6) is 0 Å². The summed E-state index contributed by atoms with van der Waals surface area (Å²) in [4.78, 5) is 37.0. The predicted octanol–water partition coefficient (Wildman–Crippen LogP) is 2.72. The Morgan fingerprint density at radius 1 is 1.19 bits per heavy atom. The van der Waals surface area contributed by atoms with E-state index in [4.69, 9.17) is 10.00 Å². The van der Waals surface area contributed by atoms with Gasteiger partial charge in [-0.1, -0.05) is 0 Å². The van der Waals surface area contributed by atoms with Gasteiger partial charge in [0.15, 0.2) is 0 Å². The van der Waals surface area contributed by atoms with E-state index in [1.54, 1.807) is 13.8 Å². The van der Waals surface area contributed by atoms with Crippen molar-refractivity contribution in [1.29, 1.82) is 5.26 Å². The lowest BCUT2D eigenvalue weighted by molar-refractivity contribution is 0.0531. The average molecular weight is 371 g/mol.